The summed E-state index contributed by atoms with van der Waals surface area (Å²) in [5.74, 6) is 0. The number of halogens is 1. The summed E-state index contributed by atoms with van der Waals surface area (Å²) < 4.78 is 13.6. The van der Waals surface area contributed by atoms with Crippen molar-refractivity contribution >= 4 is 0 Å². The predicted molar refractivity (Wildman–Crippen MR) is 37.3 cm³/mol. The molecule has 0 N–H and O–H groups in total. The van der Waals surface area contributed by atoms with Crippen molar-refractivity contribution in [3.8, 4) is 0 Å². The van der Waals surface area contributed by atoms with E-state index in [1.807, 2.05) is 36.0 Å². The molecule has 1 rings (SSSR count). The molecular weight excluding hydrogens is 129 g/mol. The van der Waals surface area contributed by atoms with Gasteiger partial charge in [0.25, 0.3) is 0 Å². The third-order valence-corrected chi connectivity index (χ3v) is 1.40. The van der Waals surface area contributed by atoms with Crippen LogP contribution in [0.3, 0.4) is 0 Å². The molecule has 0 saturated heterocycles. The fraction of sp³-hybridized carbons (Fsp3) is 0.375. The van der Waals surface area contributed by atoms with Gasteiger partial charge in [0, 0.05) is 12.1 Å². The van der Waals surface area contributed by atoms with Gasteiger partial charge in [0.05, 0.1) is 0 Å². The van der Waals surface area contributed by atoms with Crippen LogP contribution in [0.25, 0.3) is 0 Å². The minimum Gasteiger partial charge on any atom is -0.244 e. The highest BCUT2D eigenvalue weighted by atomic mass is 19.1. The topological polar surface area (TPSA) is 3.88 Å². The van der Waals surface area contributed by atoms with E-state index in [-0.39, 0.29) is 6.67 Å². The maximum Gasteiger partial charge on any atom is 0.176 e. The molecule has 54 valence electrons. The molecule has 2 heteroatoms. The van der Waals surface area contributed by atoms with Gasteiger partial charge in [-0.3, -0.25) is 0 Å². The number of hydrogen-bond donors (Lipinski definition) is 0. The predicted octanol–water partition coefficient (Wildman–Crippen LogP) is 1.25. The Balaban J connectivity index is 2.69. The molecule has 0 radical (unpaired) electrons. The smallest absolute Gasteiger partial charge is 0.176 e. The molecule has 1 heterocycles. The Morgan fingerprint density at radius 2 is 2.00 bits per heavy atom. The first-order valence-corrected chi connectivity index (χ1v) is 3.34. The summed E-state index contributed by atoms with van der Waals surface area (Å²) in [6.07, 6.45) is 3.77. The van der Waals surface area contributed by atoms with Crippen molar-refractivity contribution < 1.29 is 8.96 Å². The third-order valence-electron chi connectivity index (χ3n) is 1.40. The van der Waals surface area contributed by atoms with Crippen molar-refractivity contribution in [2.24, 2.45) is 0 Å². The molecule has 0 aliphatic carbocycles. The second-order valence-electron chi connectivity index (χ2n) is 2.30. The number of alkyl halides is 1. The number of pyridine rings is 1. The van der Waals surface area contributed by atoms with Crippen LogP contribution in [0.5, 0.6) is 0 Å². The van der Waals surface area contributed by atoms with Gasteiger partial charge in [0.1, 0.15) is 6.67 Å². The van der Waals surface area contributed by atoms with Gasteiger partial charge in [-0.05, 0) is 12.5 Å². The lowest BCUT2D eigenvalue weighted by Crippen LogP contribution is -2.33. The standard InChI is InChI=1S/C8H11FN/c1-8-2-5-10(6-3-8)7-4-9/h2-3,5-6H,4,7H2,1H3/q+1. The Labute approximate surface area is 60.1 Å². The van der Waals surface area contributed by atoms with Gasteiger partial charge < -0.3 is 0 Å². The van der Waals surface area contributed by atoms with Crippen LogP contribution in [0, 0.1) is 6.92 Å². The first kappa shape index (κ1) is 7.19. The highest BCUT2D eigenvalue weighted by molar-refractivity contribution is 5.03. The van der Waals surface area contributed by atoms with Gasteiger partial charge in [-0.25, -0.2) is 8.96 Å². The number of hydrogen-bond acceptors (Lipinski definition) is 0. The normalized spacial score (nSPS) is 9.80. The van der Waals surface area contributed by atoms with E-state index in [2.05, 4.69) is 0 Å². The average molecular weight is 140 g/mol. The summed E-state index contributed by atoms with van der Waals surface area (Å²) in [5, 5.41) is 0. The molecule has 1 aromatic heterocycles. The monoisotopic (exact) mass is 140 g/mol. The zero-order valence-electron chi connectivity index (χ0n) is 6.05. The van der Waals surface area contributed by atoms with Crippen LogP contribution in [-0.2, 0) is 6.54 Å². The van der Waals surface area contributed by atoms with Crippen LogP contribution >= 0.6 is 0 Å². The van der Waals surface area contributed by atoms with Crippen molar-refractivity contribution in [3.63, 3.8) is 0 Å². The molecule has 1 nitrogen and oxygen atoms in total. The lowest BCUT2D eigenvalue weighted by molar-refractivity contribution is -0.696. The maximum atomic E-state index is 11.8. The van der Waals surface area contributed by atoms with Crippen molar-refractivity contribution in [1.29, 1.82) is 0 Å². The van der Waals surface area contributed by atoms with Gasteiger partial charge in [-0.1, -0.05) is 0 Å². The Kier molecular flexibility index (Phi) is 2.37. The van der Waals surface area contributed by atoms with Gasteiger partial charge in [0.2, 0.25) is 0 Å². The first-order chi connectivity index (χ1) is 4.83. The Bertz CT molecular complexity index is 193. The van der Waals surface area contributed by atoms with Crippen molar-refractivity contribution in [2.75, 3.05) is 6.67 Å². The van der Waals surface area contributed by atoms with Gasteiger partial charge in [-0.2, -0.15) is 0 Å². The highest BCUT2D eigenvalue weighted by Gasteiger charge is 1.95. The Morgan fingerprint density at radius 3 is 2.50 bits per heavy atom. The number of aryl methyl sites for hydroxylation is 2. The molecule has 0 aliphatic rings. The number of aromatic nitrogens is 1. The van der Waals surface area contributed by atoms with E-state index >= 15 is 0 Å². The molecule has 1 aromatic rings. The van der Waals surface area contributed by atoms with E-state index in [4.69, 9.17) is 0 Å². The van der Waals surface area contributed by atoms with E-state index in [1.165, 1.54) is 5.56 Å². The largest absolute Gasteiger partial charge is 0.244 e. The number of rotatable bonds is 2. The average Bonchev–Trinajstić information content (AvgIpc) is 1.95. The summed E-state index contributed by atoms with van der Waals surface area (Å²) in [4.78, 5) is 0. The van der Waals surface area contributed by atoms with Gasteiger partial charge in [0.15, 0.2) is 18.9 Å². The van der Waals surface area contributed by atoms with Crippen molar-refractivity contribution in [2.45, 2.75) is 13.5 Å². The second kappa shape index (κ2) is 3.30. The quantitative estimate of drug-likeness (QED) is 0.544. The summed E-state index contributed by atoms with van der Waals surface area (Å²) >= 11 is 0. The summed E-state index contributed by atoms with van der Waals surface area (Å²) in [7, 11) is 0. The SMILES string of the molecule is Cc1cc[n+](CCF)cc1. The van der Waals surface area contributed by atoms with Crippen LogP contribution in [0.1, 0.15) is 5.56 Å². The molecule has 0 aromatic carbocycles. The van der Waals surface area contributed by atoms with Crippen molar-refractivity contribution in [1.82, 2.24) is 0 Å². The summed E-state index contributed by atoms with van der Waals surface area (Å²) in [6, 6.07) is 3.94. The van der Waals surface area contributed by atoms with Crippen LogP contribution in [0.15, 0.2) is 24.5 Å². The van der Waals surface area contributed by atoms with Crippen LogP contribution < -0.4 is 4.57 Å². The van der Waals surface area contributed by atoms with Gasteiger partial charge in [-0.15, -0.1) is 0 Å². The van der Waals surface area contributed by atoms with Gasteiger partial charge >= 0.3 is 0 Å². The number of nitrogens with zero attached hydrogens (tertiary/aromatic N) is 1. The fourth-order valence-electron chi connectivity index (χ4n) is 0.779. The third kappa shape index (κ3) is 1.79. The van der Waals surface area contributed by atoms with Crippen LogP contribution in [0.2, 0.25) is 0 Å². The summed E-state index contributed by atoms with van der Waals surface area (Å²) in [5.41, 5.74) is 1.20. The molecule has 0 unspecified atom stereocenters. The van der Waals surface area contributed by atoms with E-state index in [0.29, 0.717) is 6.54 Å². The van der Waals surface area contributed by atoms with E-state index in [0.717, 1.165) is 0 Å². The highest BCUT2D eigenvalue weighted by Crippen LogP contribution is 1.89. The zero-order chi connectivity index (χ0) is 7.40. The van der Waals surface area contributed by atoms with E-state index < -0.39 is 0 Å². The Morgan fingerprint density at radius 1 is 1.40 bits per heavy atom. The molecule has 0 atom stereocenters. The van der Waals surface area contributed by atoms with E-state index in [9.17, 15) is 4.39 Å². The first-order valence-electron chi connectivity index (χ1n) is 3.34. The molecule has 0 fully saturated rings. The molecular formula is C8H11FN+. The summed E-state index contributed by atoms with van der Waals surface area (Å²) in [6.45, 7) is 2.17. The molecule has 0 spiro atoms. The Hall–Kier alpha value is -0.920. The molecule has 10 heavy (non-hydrogen) atoms. The van der Waals surface area contributed by atoms with E-state index in [1.54, 1.807) is 0 Å². The lowest BCUT2D eigenvalue weighted by Gasteiger charge is -1.91. The maximum absolute atomic E-state index is 11.8. The fourth-order valence-corrected chi connectivity index (χ4v) is 0.779. The second-order valence-corrected chi connectivity index (χ2v) is 2.30. The minimum absolute atomic E-state index is 0.298. The minimum atomic E-state index is -0.298. The lowest BCUT2D eigenvalue weighted by atomic mass is 10.3. The zero-order valence-corrected chi connectivity index (χ0v) is 6.05. The molecule has 0 aliphatic heterocycles. The van der Waals surface area contributed by atoms with Crippen molar-refractivity contribution in [3.05, 3.63) is 30.1 Å². The molecule has 0 bridgehead atoms. The molecule has 0 amide bonds. The molecule has 0 saturated carbocycles. The van der Waals surface area contributed by atoms with Crippen LogP contribution in [0.4, 0.5) is 4.39 Å². The van der Waals surface area contributed by atoms with Crippen LogP contribution in [-0.4, -0.2) is 6.67 Å².